The molecule has 4 heteroatoms. The molecule has 0 saturated heterocycles. The fourth-order valence-electron chi connectivity index (χ4n) is 1.42. The molecule has 0 aromatic carbocycles. The lowest BCUT2D eigenvalue weighted by molar-refractivity contribution is 0.594. The molecule has 0 fully saturated rings. The molecule has 80 valence electrons. The summed E-state index contributed by atoms with van der Waals surface area (Å²) in [7, 11) is 0. The third-order valence-corrected chi connectivity index (χ3v) is 2.84. The van der Waals surface area contributed by atoms with Gasteiger partial charge in [-0.15, -0.1) is 5.10 Å². The van der Waals surface area contributed by atoms with E-state index in [1.165, 1.54) is 43.6 Å². The maximum absolute atomic E-state index is 3.81. The highest BCUT2D eigenvalue weighted by molar-refractivity contribution is 7.09. The van der Waals surface area contributed by atoms with Crippen LogP contribution in [0, 0.1) is 0 Å². The molecule has 1 aromatic heterocycles. The van der Waals surface area contributed by atoms with Gasteiger partial charge in [-0.05, 0) is 13.3 Å². The van der Waals surface area contributed by atoms with Gasteiger partial charge in [0.2, 0.25) is 0 Å². The second-order valence-electron chi connectivity index (χ2n) is 3.68. The van der Waals surface area contributed by atoms with Gasteiger partial charge in [0.05, 0.1) is 6.20 Å². The van der Waals surface area contributed by atoms with Gasteiger partial charge in [0.1, 0.15) is 5.00 Å². The smallest absolute Gasteiger partial charge is 0.130 e. The molecule has 0 radical (unpaired) electrons. The van der Waals surface area contributed by atoms with Crippen molar-refractivity contribution in [2.24, 2.45) is 0 Å². The molecular weight excluding hydrogens is 194 g/mol. The average Bonchev–Trinajstić information content (AvgIpc) is 2.65. The molecule has 3 nitrogen and oxygen atoms in total. The summed E-state index contributed by atoms with van der Waals surface area (Å²) >= 11 is 1.42. The van der Waals surface area contributed by atoms with Crippen LogP contribution in [0.5, 0.6) is 0 Å². The summed E-state index contributed by atoms with van der Waals surface area (Å²) in [6, 6.07) is 0.536. The Kier molecular flexibility index (Phi) is 5.52. The Morgan fingerprint density at radius 1 is 1.43 bits per heavy atom. The Morgan fingerprint density at radius 2 is 2.29 bits per heavy atom. The lowest BCUT2D eigenvalue weighted by Crippen LogP contribution is -2.13. The minimum Gasteiger partial charge on any atom is -0.372 e. The first kappa shape index (κ1) is 11.4. The van der Waals surface area contributed by atoms with E-state index in [0.717, 1.165) is 5.00 Å². The summed E-state index contributed by atoms with van der Waals surface area (Å²) in [5.41, 5.74) is 0. The number of anilines is 1. The fourth-order valence-corrected chi connectivity index (χ4v) is 1.95. The molecule has 0 amide bonds. The Hall–Kier alpha value is -0.640. The molecule has 1 rings (SSSR count). The van der Waals surface area contributed by atoms with E-state index in [9.17, 15) is 0 Å². The molecule has 0 aliphatic heterocycles. The summed E-state index contributed by atoms with van der Waals surface area (Å²) in [5.74, 6) is 0. The number of rotatable bonds is 7. The SMILES string of the molecule is CCCCCCC(C)Nc1cnns1. The van der Waals surface area contributed by atoms with Crippen LogP contribution in [0.15, 0.2) is 6.20 Å². The van der Waals surface area contributed by atoms with Gasteiger partial charge in [-0.3, -0.25) is 0 Å². The Bertz CT molecular complexity index is 223. The Labute approximate surface area is 90.1 Å². The molecule has 1 heterocycles. The summed E-state index contributed by atoms with van der Waals surface area (Å²) in [6.45, 7) is 4.45. The van der Waals surface area contributed by atoms with Crippen LogP contribution in [0.25, 0.3) is 0 Å². The van der Waals surface area contributed by atoms with Crippen LogP contribution in [-0.4, -0.2) is 15.6 Å². The van der Waals surface area contributed by atoms with Crippen molar-refractivity contribution in [3.63, 3.8) is 0 Å². The van der Waals surface area contributed by atoms with Crippen molar-refractivity contribution in [1.82, 2.24) is 9.59 Å². The summed E-state index contributed by atoms with van der Waals surface area (Å²) in [6.07, 6.45) is 8.35. The number of hydrogen-bond donors (Lipinski definition) is 1. The third-order valence-electron chi connectivity index (χ3n) is 2.24. The number of aromatic nitrogens is 2. The van der Waals surface area contributed by atoms with Crippen LogP contribution >= 0.6 is 11.5 Å². The lowest BCUT2D eigenvalue weighted by atomic mass is 10.1. The molecule has 1 aromatic rings. The maximum Gasteiger partial charge on any atom is 0.130 e. The number of nitrogens with one attached hydrogen (secondary N) is 1. The molecule has 0 aliphatic carbocycles. The average molecular weight is 213 g/mol. The number of nitrogens with zero attached hydrogens (tertiary/aromatic N) is 2. The molecule has 1 N–H and O–H groups in total. The van der Waals surface area contributed by atoms with Gasteiger partial charge >= 0.3 is 0 Å². The van der Waals surface area contributed by atoms with Gasteiger partial charge in [0, 0.05) is 17.6 Å². The van der Waals surface area contributed by atoms with Crippen LogP contribution in [0.4, 0.5) is 5.00 Å². The highest BCUT2D eigenvalue weighted by atomic mass is 32.1. The zero-order chi connectivity index (χ0) is 10.2. The molecule has 0 bridgehead atoms. The van der Waals surface area contributed by atoms with Crippen molar-refractivity contribution in [2.75, 3.05) is 5.32 Å². The standard InChI is InChI=1S/C10H19N3S/c1-3-4-5-6-7-9(2)12-10-8-11-13-14-10/h8-9,12H,3-7H2,1-2H3. The van der Waals surface area contributed by atoms with E-state index in [4.69, 9.17) is 0 Å². The first-order valence-electron chi connectivity index (χ1n) is 5.36. The second kappa shape index (κ2) is 6.76. The monoisotopic (exact) mass is 213 g/mol. The van der Waals surface area contributed by atoms with Crippen molar-refractivity contribution in [1.29, 1.82) is 0 Å². The Balaban J connectivity index is 2.07. The Morgan fingerprint density at radius 3 is 2.93 bits per heavy atom. The van der Waals surface area contributed by atoms with Gasteiger partial charge in [-0.1, -0.05) is 37.1 Å². The molecule has 0 aliphatic rings. The molecular formula is C10H19N3S. The minimum absolute atomic E-state index is 0.536. The number of hydrogen-bond acceptors (Lipinski definition) is 4. The highest BCUT2D eigenvalue weighted by Crippen LogP contribution is 2.14. The predicted molar refractivity (Wildman–Crippen MR) is 61.8 cm³/mol. The topological polar surface area (TPSA) is 37.8 Å². The first-order chi connectivity index (χ1) is 6.83. The maximum atomic E-state index is 3.81. The van der Waals surface area contributed by atoms with E-state index in [0.29, 0.717) is 6.04 Å². The van der Waals surface area contributed by atoms with E-state index in [2.05, 4.69) is 28.8 Å². The van der Waals surface area contributed by atoms with Crippen molar-refractivity contribution >= 4 is 16.5 Å². The van der Waals surface area contributed by atoms with E-state index in [1.807, 2.05) is 0 Å². The van der Waals surface area contributed by atoms with E-state index < -0.39 is 0 Å². The van der Waals surface area contributed by atoms with Crippen LogP contribution in [0.3, 0.4) is 0 Å². The van der Waals surface area contributed by atoms with Crippen LogP contribution in [0.2, 0.25) is 0 Å². The van der Waals surface area contributed by atoms with Crippen molar-refractivity contribution in [3.05, 3.63) is 6.20 Å². The van der Waals surface area contributed by atoms with Crippen LogP contribution in [-0.2, 0) is 0 Å². The van der Waals surface area contributed by atoms with Gasteiger partial charge < -0.3 is 5.32 Å². The second-order valence-corrected chi connectivity index (χ2v) is 4.46. The van der Waals surface area contributed by atoms with Crippen LogP contribution < -0.4 is 5.32 Å². The zero-order valence-electron chi connectivity index (χ0n) is 8.99. The summed E-state index contributed by atoms with van der Waals surface area (Å²) < 4.78 is 3.81. The number of unbranched alkanes of at least 4 members (excludes halogenated alkanes) is 3. The van der Waals surface area contributed by atoms with Gasteiger partial charge in [-0.2, -0.15) is 0 Å². The molecule has 0 spiro atoms. The van der Waals surface area contributed by atoms with E-state index in [-0.39, 0.29) is 0 Å². The van der Waals surface area contributed by atoms with Crippen molar-refractivity contribution in [3.8, 4) is 0 Å². The van der Waals surface area contributed by atoms with Gasteiger partial charge in [0.15, 0.2) is 0 Å². The zero-order valence-corrected chi connectivity index (χ0v) is 9.81. The highest BCUT2D eigenvalue weighted by Gasteiger charge is 2.02. The normalized spacial score (nSPS) is 12.7. The fraction of sp³-hybridized carbons (Fsp3) is 0.800. The summed E-state index contributed by atoms with van der Waals surface area (Å²) in [5, 5.41) is 8.26. The van der Waals surface area contributed by atoms with E-state index >= 15 is 0 Å². The molecule has 1 unspecified atom stereocenters. The minimum atomic E-state index is 0.536. The van der Waals surface area contributed by atoms with Gasteiger partial charge in [0.25, 0.3) is 0 Å². The molecule has 14 heavy (non-hydrogen) atoms. The van der Waals surface area contributed by atoms with Crippen molar-refractivity contribution < 1.29 is 0 Å². The largest absolute Gasteiger partial charge is 0.372 e. The third kappa shape index (κ3) is 4.56. The molecule has 1 atom stereocenters. The van der Waals surface area contributed by atoms with E-state index in [1.54, 1.807) is 6.20 Å². The quantitative estimate of drug-likeness (QED) is 0.706. The molecule has 0 saturated carbocycles. The first-order valence-corrected chi connectivity index (χ1v) is 6.14. The van der Waals surface area contributed by atoms with Crippen LogP contribution in [0.1, 0.15) is 46.0 Å². The van der Waals surface area contributed by atoms with Crippen molar-refractivity contribution in [2.45, 2.75) is 52.0 Å². The summed E-state index contributed by atoms with van der Waals surface area (Å²) in [4.78, 5) is 0. The predicted octanol–water partition coefficient (Wildman–Crippen LogP) is 3.31. The lowest BCUT2D eigenvalue weighted by Gasteiger charge is -2.12. The van der Waals surface area contributed by atoms with Gasteiger partial charge in [-0.25, -0.2) is 0 Å².